The fourth-order valence-electron chi connectivity index (χ4n) is 4.41. The fourth-order valence-corrected chi connectivity index (χ4v) is 4.41. The number of benzene rings is 4. The highest BCUT2D eigenvalue weighted by atomic mass is 19.3. The molecule has 0 aliphatic carbocycles. The van der Waals surface area contributed by atoms with E-state index in [1.807, 2.05) is 6.92 Å². The van der Waals surface area contributed by atoms with Crippen LogP contribution in [0.15, 0.2) is 133 Å². The molecule has 0 saturated heterocycles. The monoisotopic (exact) mass is 624 g/mol. The van der Waals surface area contributed by atoms with Crippen LogP contribution in [0.1, 0.15) is 34.7 Å². The van der Waals surface area contributed by atoms with Gasteiger partial charge in [0.05, 0.1) is 0 Å². The lowest BCUT2D eigenvalue weighted by molar-refractivity contribution is -0.110. The van der Waals surface area contributed by atoms with Crippen molar-refractivity contribution in [2.75, 3.05) is 0 Å². The van der Waals surface area contributed by atoms with E-state index in [1.165, 1.54) is 60.7 Å². The molecule has 3 nitrogen and oxygen atoms in total. The molecule has 0 aromatic heterocycles. The zero-order chi connectivity index (χ0) is 32.6. The molecule has 0 N–H and O–H groups in total. The molecule has 10 heteroatoms. The second-order valence-electron chi connectivity index (χ2n) is 9.69. The van der Waals surface area contributed by atoms with Crippen LogP contribution in [0.5, 0.6) is 11.5 Å². The smallest absolute Gasteiger partial charge is 0.344 e. The maximum Gasteiger partial charge on any atom is 0.344 e. The molecule has 4 aromatic carbocycles. The van der Waals surface area contributed by atoms with Gasteiger partial charge in [0, 0.05) is 5.41 Å². The van der Waals surface area contributed by atoms with Crippen molar-refractivity contribution in [3.63, 3.8) is 0 Å². The number of ketones is 1. The first-order valence-electron chi connectivity index (χ1n) is 13.2. The highest BCUT2D eigenvalue weighted by Crippen LogP contribution is 2.40. The van der Waals surface area contributed by atoms with Crippen LogP contribution in [-0.2, 0) is 10.2 Å². The van der Waals surface area contributed by atoms with E-state index in [0.717, 1.165) is 0 Å². The first-order valence-corrected chi connectivity index (χ1v) is 13.2. The normalized spacial score (nSPS) is 11.5. The van der Waals surface area contributed by atoms with Gasteiger partial charge in [0.1, 0.15) is 17.3 Å². The molecule has 0 radical (unpaired) electrons. The number of carbonyl (C=O) groups excluding carboxylic acids is 1. The second kappa shape index (κ2) is 14.4. The number of rotatable bonds is 11. The third-order valence-electron chi connectivity index (χ3n) is 6.81. The van der Waals surface area contributed by atoms with Crippen LogP contribution in [0.3, 0.4) is 0 Å². The maximum absolute atomic E-state index is 13.3. The van der Waals surface area contributed by atoms with Crippen LogP contribution in [0, 0.1) is 5.82 Å². The summed E-state index contributed by atoms with van der Waals surface area (Å²) in [6.45, 7) is 1.83. The topological polar surface area (TPSA) is 35.5 Å². The molecule has 0 spiro atoms. The number of carbonyl (C=O) groups is 1. The number of hydrogen-bond donors (Lipinski definition) is 0. The van der Waals surface area contributed by atoms with Crippen molar-refractivity contribution in [1.82, 2.24) is 0 Å². The summed E-state index contributed by atoms with van der Waals surface area (Å²) in [5.74, 6) is -1.03. The molecule has 45 heavy (non-hydrogen) atoms. The molecule has 0 unspecified atom stereocenters. The Morgan fingerprint density at radius 1 is 0.556 bits per heavy atom. The minimum Gasteiger partial charge on any atom is -0.428 e. The highest BCUT2D eigenvalue weighted by molar-refractivity contribution is 6.04. The van der Waals surface area contributed by atoms with E-state index < -0.39 is 29.6 Å². The first kappa shape index (κ1) is 32.5. The molecular weight excluding hydrogens is 601 g/mol. The lowest BCUT2D eigenvalue weighted by Crippen LogP contribution is -2.25. The molecule has 4 rings (SSSR count). The van der Waals surface area contributed by atoms with Gasteiger partial charge in [-0.05, 0) is 83.3 Å². The van der Waals surface area contributed by atoms with Gasteiger partial charge < -0.3 is 9.47 Å². The van der Waals surface area contributed by atoms with Crippen LogP contribution >= 0.6 is 0 Å². The Morgan fingerprint density at radius 3 is 1.24 bits per heavy atom. The lowest BCUT2D eigenvalue weighted by Gasteiger charge is -2.32. The fraction of sp³-hybridized carbons (Fsp3) is 0.0571. The lowest BCUT2D eigenvalue weighted by atomic mass is 9.71. The van der Waals surface area contributed by atoms with Gasteiger partial charge in [-0.15, -0.1) is 0 Å². The molecule has 230 valence electrons. The summed E-state index contributed by atoms with van der Waals surface area (Å²) < 4.78 is 98.7. The summed E-state index contributed by atoms with van der Waals surface area (Å²) in [4.78, 5) is 12.3. The Balaban J connectivity index is 1.63. The summed E-state index contributed by atoms with van der Waals surface area (Å²) in [6.07, 6.45) is 0.672. The van der Waals surface area contributed by atoms with Crippen LogP contribution in [0.4, 0.5) is 30.7 Å². The van der Waals surface area contributed by atoms with E-state index in [1.54, 1.807) is 60.7 Å². The Labute approximate surface area is 253 Å². The summed E-state index contributed by atoms with van der Waals surface area (Å²) >= 11 is 0. The predicted octanol–water partition coefficient (Wildman–Crippen LogP) is 10.3. The summed E-state index contributed by atoms with van der Waals surface area (Å²) in [5, 5.41) is 0. The van der Waals surface area contributed by atoms with Crippen molar-refractivity contribution in [3.05, 3.63) is 167 Å². The molecule has 0 amide bonds. The third-order valence-corrected chi connectivity index (χ3v) is 6.81. The van der Waals surface area contributed by atoms with E-state index >= 15 is 0 Å². The van der Waals surface area contributed by atoms with Crippen molar-refractivity contribution >= 4 is 17.9 Å². The standard InChI is InChI=1S/C35H23F7O3/c1-35(25-10-18-29(19-11-25)44-33(41)31(37)38,26-12-20-30(21-13-26)45-34(42)32(39)40)24-8-2-22(3-9-24)6-16-28(43)17-7-23-4-14-27(36)15-5-23/h2-21H,1H3. The van der Waals surface area contributed by atoms with Gasteiger partial charge in [0.15, 0.2) is 5.78 Å². The molecule has 0 heterocycles. The van der Waals surface area contributed by atoms with Crippen molar-refractivity contribution in [3.8, 4) is 11.5 Å². The minimum absolute atomic E-state index is 0.177. The molecule has 0 aliphatic rings. The highest BCUT2D eigenvalue weighted by Gasteiger charge is 2.31. The van der Waals surface area contributed by atoms with Crippen LogP contribution in [0.25, 0.3) is 12.2 Å². The zero-order valence-electron chi connectivity index (χ0n) is 23.4. The molecule has 0 atom stereocenters. The largest absolute Gasteiger partial charge is 0.428 e. The number of allylic oxidation sites excluding steroid dienone is 2. The number of ether oxygens (including phenoxy) is 2. The van der Waals surface area contributed by atoms with E-state index in [4.69, 9.17) is 0 Å². The summed E-state index contributed by atoms with van der Waals surface area (Å²) in [5.41, 5.74) is 2.31. The van der Waals surface area contributed by atoms with Gasteiger partial charge in [-0.25, -0.2) is 4.39 Å². The zero-order valence-corrected chi connectivity index (χ0v) is 23.4. The molecule has 0 saturated carbocycles. The Hall–Kier alpha value is -5.38. The van der Waals surface area contributed by atoms with E-state index in [-0.39, 0.29) is 23.1 Å². The third kappa shape index (κ3) is 8.38. The van der Waals surface area contributed by atoms with Crippen LogP contribution in [-0.4, -0.2) is 5.78 Å². The molecular formula is C35H23F7O3. The number of halogens is 7. The summed E-state index contributed by atoms with van der Waals surface area (Å²) in [6, 6.07) is 20.1. The average Bonchev–Trinajstić information content (AvgIpc) is 3.04. The van der Waals surface area contributed by atoms with E-state index in [2.05, 4.69) is 9.47 Å². The molecule has 4 aromatic rings. The quantitative estimate of drug-likeness (QED) is 0.0721. The second-order valence-corrected chi connectivity index (χ2v) is 9.69. The van der Waals surface area contributed by atoms with Crippen molar-refractivity contribution in [1.29, 1.82) is 0 Å². The maximum atomic E-state index is 13.3. The Bertz CT molecular complexity index is 1680. The summed E-state index contributed by atoms with van der Waals surface area (Å²) in [7, 11) is 0. The van der Waals surface area contributed by atoms with Crippen molar-refractivity contribution in [2.24, 2.45) is 0 Å². The average molecular weight is 625 g/mol. The minimum atomic E-state index is -2.61. The molecule has 0 fully saturated rings. The van der Waals surface area contributed by atoms with Gasteiger partial charge in [0.2, 0.25) is 0 Å². The van der Waals surface area contributed by atoms with Crippen LogP contribution < -0.4 is 9.47 Å². The van der Waals surface area contributed by atoms with Crippen LogP contribution in [0.2, 0.25) is 0 Å². The van der Waals surface area contributed by atoms with E-state index in [0.29, 0.717) is 27.8 Å². The van der Waals surface area contributed by atoms with Gasteiger partial charge in [-0.3, -0.25) is 4.79 Å². The Kier molecular flexibility index (Phi) is 10.4. The van der Waals surface area contributed by atoms with Gasteiger partial charge in [-0.2, -0.15) is 26.3 Å². The van der Waals surface area contributed by atoms with Gasteiger partial charge in [0.25, 0.3) is 0 Å². The molecule has 0 aliphatic heterocycles. The SMILES string of the molecule is CC(c1ccc(C=CC(=O)C=Cc2ccc(F)cc2)cc1)(c1ccc(OC(F)=C(F)F)cc1)c1ccc(OC(F)=C(F)F)cc1. The predicted molar refractivity (Wildman–Crippen MR) is 156 cm³/mol. The van der Waals surface area contributed by atoms with Crippen molar-refractivity contribution in [2.45, 2.75) is 12.3 Å². The van der Waals surface area contributed by atoms with Crippen molar-refractivity contribution < 1.29 is 45.0 Å². The number of hydrogen-bond acceptors (Lipinski definition) is 3. The van der Waals surface area contributed by atoms with E-state index in [9.17, 15) is 35.5 Å². The van der Waals surface area contributed by atoms with Gasteiger partial charge >= 0.3 is 24.2 Å². The van der Waals surface area contributed by atoms with Gasteiger partial charge in [-0.1, -0.05) is 72.8 Å². The molecule has 0 bridgehead atoms. The first-order chi connectivity index (χ1) is 21.4. The Morgan fingerprint density at radius 2 is 0.889 bits per heavy atom.